The van der Waals surface area contributed by atoms with Crippen molar-refractivity contribution in [2.75, 3.05) is 50.0 Å². The van der Waals surface area contributed by atoms with Gasteiger partial charge in [-0.15, -0.1) is 11.3 Å². The third-order valence-corrected chi connectivity index (χ3v) is 5.84. The van der Waals surface area contributed by atoms with Gasteiger partial charge in [-0.2, -0.15) is 4.98 Å². The van der Waals surface area contributed by atoms with Crippen molar-refractivity contribution < 1.29 is 19.1 Å². The number of amides is 1. The van der Waals surface area contributed by atoms with Crippen LogP contribution in [-0.2, 0) is 9.53 Å². The Morgan fingerprint density at radius 3 is 2.58 bits per heavy atom. The molecular formula is C21H23N5O4S. The fourth-order valence-corrected chi connectivity index (χ4v) is 4.36. The second-order valence-corrected chi connectivity index (χ2v) is 7.78. The largest absolute Gasteiger partial charge is 0.484 e. The number of thiophene rings is 1. The van der Waals surface area contributed by atoms with Crippen molar-refractivity contribution >= 4 is 45.2 Å². The number of benzene rings is 1. The lowest BCUT2D eigenvalue weighted by Gasteiger charge is -2.35. The van der Waals surface area contributed by atoms with Crippen LogP contribution in [0.5, 0.6) is 5.75 Å². The van der Waals surface area contributed by atoms with Crippen molar-refractivity contribution in [3.05, 3.63) is 41.3 Å². The standard InChI is InChI=1S/C21H23N5O4S/c1-2-29-20(28)15-13-31-19-17(15)18(23-21(22)24-19)26-10-8-25(9-11-26)16(27)12-30-14-6-4-3-5-7-14/h3-7,13H,2,8-12H2,1H3,(H2,22,23,24). The summed E-state index contributed by atoms with van der Waals surface area (Å²) in [6.07, 6.45) is 0. The van der Waals surface area contributed by atoms with Gasteiger partial charge in [0.2, 0.25) is 5.95 Å². The lowest BCUT2D eigenvalue weighted by molar-refractivity contribution is -0.133. The number of aromatic nitrogens is 2. The van der Waals surface area contributed by atoms with Gasteiger partial charge in [0.25, 0.3) is 5.91 Å². The minimum atomic E-state index is -0.407. The molecule has 1 fully saturated rings. The van der Waals surface area contributed by atoms with Crippen LogP contribution in [0, 0.1) is 0 Å². The maximum absolute atomic E-state index is 12.5. The Labute approximate surface area is 183 Å². The van der Waals surface area contributed by atoms with Crippen molar-refractivity contribution in [2.45, 2.75) is 6.92 Å². The van der Waals surface area contributed by atoms with Gasteiger partial charge in [-0.05, 0) is 19.1 Å². The number of hydrogen-bond acceptors (Lipinski definition) is 9. The number of carbonyl (C=O) groups is 2. The highest BCUT2D eigenvalue weighted by molar-refractivity contribution is 7.17. The molecule has 9 nitrogen and oxygen atoms in total. The molecule has 3 aromatic rings. The van der Waals surface area contributed by atoms with Crippen LogP contribution in [0.1, 0.15) is 17.3 Å². The molecule has 1 aliphatic heterocycles. The topological polar surface area (TPSA) is 111 Å². The van der Waals surface area contributed by atoms with Crippen LogP contribution in [0.15, 0.2) is 35.7 Å². The normalized spacial score (nSPS) is 14.0. The Hall–Kier alpha value is -3.40. The Kier molecular flexibility index (Phi) is 6.17. The SMILES string of the molecule is CCOC(=O)c1csc2nc(N)nc(N3CCN(C(=O)COc4ccccc4)CC3)c12. The molecule has 1 aromatic carbocycles. The van der Waals surface area contributed by atoms with Gasteiger partial charge in [-0.25, -0.2) is 9.78 Å². The fraction of sp³-hybridized carbons (Fsp3) is 0.333. The molecule has 4 rings (SSSR count). The number of hydrogen-bond donors (Lipinski definition) is 1. The fourth-order valence-electron chi connectivity index (χ4n) is 3.45. The summed E-state index contributed by atoms with van der Waals surface area (Å²) in [6, 6.07) is 9.25. The molecule has 162 valence electrons. The molecule has 0 spiro atoms. The highest BCUT2D eigenvalue weighted by Gasteiger charge is 2.27. The van der Waals surface area contributed by atoms with Gasteiger partial charge in [0.05, 0.1) is 17.6 Å². The highest BCUT2D eigenvalue weighted by atomic mass is 32.1. The number of esters is 1. The summed E-state index contributed by atoms with van der Waals surface area (Å²) in [7, 11) is 0. The molecule has 2 N–H and O–H groups in total. The molecular weight excluding hydrogens is 418 g/mol. The van der Waals surface area contributed by atoms with E-state index in [9.17, 15) is 9.59 Å². The second-order valence-electron chi connectivity index (χ2n) is 6.92. The highest BCUT2D eigenvalue weighted by Crippen LogP contribution is 2.33. The van der Waals surface area contributed by atoms with Gasteiger partial charge >= 0.3 is 5.97 Å². The summed E-state index contributed by atoms with van der Waals surface area (Å²) < 4.78 is 10.7. The van der Waals surface area contributed by atoms with E-state index in [2.05, 4.69) is 9.97 Å². The molecule has 0 saturated carbocycles. The number of rotatable bonds is 6. The first-order valence-corrected chi connectivity index (χ1v) is 10.9. The van der Waals surface area contributed by atoms with Crippen LogP contribution in [0.4, 0.5) is 11.8 Å². The Morgan fingerprint density at radius 2 is 1.87 bits per heavy atom. The van der Waals surface area contributed by atoms with Crippen molar-refractivity contribution in [1.29, 1.82) is 0 Å². The Balaban J connectivity index is 1.46. The van der Waals surface area contributed by atoms with Crippen LogP contribution in [0.25, 0.3) is 10.2 Å². The molecule has 0 atom stereocenters. The van der Waals surface area contributed by atoms with Gasteiger partial charge in [-0.1, -0.05) is 18.2 Å². The van der Waals surface area contributed by atoms with Gasteiger partial charge in [0.1, 0.15) is 16.4 Å². The van der Waals surface area contributed by atoms with Crippen molar-refractivity contribution in [3.8, 4) is 5.75 Å². The Bertz CT molecular complexity index is 1080. The van der Waals surface area contributed by atoms with Crippen molar-refractivity contribution in [2.24, 2.45) is 0 Å². The minimum Gasteiger partial charge on any atom is -0.484 e. The number of para-hydroxylation sites is 1. The van der Waals surface area contributed by atoms with E-state index in [1.165, 1.54) is 11.3 Å². The number of fused-ring (bicyclic) bond motifs is 1. The summed E-state index contributed by atoms with van der Waals surface area (Å²) >= 11 is 1.33. The zero-order valence-corrected chi connectivity index (χ0v) is 17.9. The molecule has 10 heteroatoms. The molecule has 2 aromatic heterocycles. The summed E-state index contributed by atoms with van der Waals surface area (Å²) in [5.41, 5.74) is 6.34. The smallest absolute Gasteiger partial charge is 0.339 e. The molecule has 0 unspecified atom stereocenters. The molecule has 0 radical (unpaired) electrons. The van der Waals surface area contributed by atoms with Gasteiger partial charge in [-0.3, -0.25) is 4.79 Å². The van der Waals surface area contributed by atoms with E-state index >= 15 is 0 Å². The van der Waals surface area contributed by atoms with E-state index in [0.29, 0.717) is 53.5 Å². The molecule has 3 heterocycles. The number of piperazine rings is 1. The minimum absolute atomic E-state index is 0.00769. The first kappa shape index (κ1) is 20.9. The number of anilines is 2. The predicted octanol–water partition coefficient (Wildman–Crippen LogP) is 2.18. The van der Waals surface area contributed by atoms with E-state index in [-0.39, 0.29) is 25.1 Å². The van der Waals surface area contributed by atoms with E-state index in [1.54, 1.807) is 17.2 Å². The van der Waals surface area contributed by atoms with Crippen molar-refractivity contribution in [1.82, 2.24) is 14.9 Å². The summed E-state index contributed by atoms with van der Waals surface area (Å²) in [6.45, 7) is 4.18. The number of nitrogens with zero attached hydrogens (tertiary/aromatic N) is 4. The quantitative estimate of drug-likeness (QED) is 0.580. The third-order valence-electron chi connectivity index (χ3n) is 4.96. The van der Waals surface area contributed by atoms with E-state index < -0.39 is 5.97 Å². The van der Waals surface area contributed by atoms with Gasteiger partial charge in [0.15, 0.2) is 6.61 Å². The van der Waals surface area contributed by atoms with Gasteiger partial charge < -0.3 is 25.0 Å². The summed E-state index contributed by atoms with van der Waals surface area (Å²) in [4.78, 5) is 38.0. The number of nitrogen functional groups attached to an aromatic ring is 1. The van der Waals surface area contributed by atoms with Crippen LogP contribution >= 0.6 is 11.3 Å². The zero-order valence-electron chi connectivity index (χ0n) is 17.1. The average molecular weight is 442 g/mol. The summed E-state index contributed by atoms with van der Waals surface area (Å²) in [5, 5.41) is 2.37. The second kappa shape index (κ2) is 9.17. The first-order chi connectivity index (χ1) is 15.1. The summed E-state index contributed by atoms with van der Waals surface area (Å²) in [5.74, 6) is 0.931. The molecule has 1 amide bonds. The molecule has 1 aliphatic rings. The monoisotopic (exact) mass is 441 g/mol. The maximum Gasteiger partial charge on any atom is 0.339 e. The molecule has 0 aliphatic carbocycles. The lowest BCUT2D eigenvalue weighted by Crippen LogP contribution is -2.50. The third kappa shape index (κ3) is 4.53. The Morgan fingerprint density at radius 1 is 1.13 bits per heavy atom. The lowest BCUT2D eigenvalue weighted by atomic mass is 10.2. The molecule has 1 saturated heterocycles. The zero-order chi connectivity index (χ0) is 21.8. The first-order valence-electron chi connectivity index (χ1n) is 9.99. The van der Waals surface area contributed by atoms with E-state index in [1.807, 2.05) is 35.2 Å². The van der Waals surface area contributed by atoms with Crippen LogP contribution in [0.3, 0.4) is 0 Å². The molecule has 0 bridgehead atoms. The molecule has 31 heavy (non-hydrogen) atoms. The average Bonchev–Trinajstić information content (AvgIpc) is 3.22. The van der Waals surface area contributed by atoms with Gasteiger partial charge in [0, 0.05) is 31.6 Å². The van der Waals surface area contributed by atoms with E-state index in [0.717, 1.165) is 0 Å². The maximum atomic E-state index is 12.5. The predicted molar refractivity (Wildman–Crippen MR) is 119 cm³/mol. The van der Waals surface area contributed by atoms with Crippen LogP contribution in [0.2, 0.25) is 0 Å². The van der Waals surface area contributed by atoms with E-state index in [4.69, 9.17) is 15.2 Å². The number of ether oxygens (including phenoxy) is 2. The van der Waals surface area contributed by atoms with Crippen LogP contribution < -0.4 is 15.4 Å². The number of nitrogens with two attached hydrogens (primary N) is 1. The van der Waals surface area contributed by atoms with Crippen molar-refractivity contribution in [3.63, 3.8) is 0 Å². The number of carbonyl (C=O) groups excluding carboxylic acids is 2. The van der Waals surface area contributed by atoms with Crippen LogP contribution in [-0.4, -0.2) is 66.1 Å².